The molecule has 172 valence electrons. The molecule has 0 radical (unpaired) electrons. The zero-order valence-electron chi connectivity index (χ0n) is 19.3. The van der Waals surface area contributed by atoms with Gasteiger partial charge in [0, 0.05) is 39.2 Å². The number of hydrogen-bond acceptors (Lipinski definition) is 7. The van der Waals surface area contributed by atoms with E-state index in [-0.39, 0.29) is 30.3 Å². The zero-order valence-corrected chi connectivity index (χ0v) is 19.3. The number of nitrogens with zero attached hydrogens (tertiary/aromatic N) is 4. The Balaban J connectivity index is 1.35. The highest BCUT2D eigenvalue weighted by Gasteiger charge is 2.27. The molecule has 1 aromatic carbocycles. The molecule has 3 heterocycles. The van der Waals surface area contributed by atoms with Crippen molar-refractivity contribution in [1.82, 2.24) is 15.3 Å². The Morgan fingerprint density at radius 1 is 1.12 bits per heavy atom. The number of hydrogen-bond donors (Lipinski definition) is 1. The Morgan fingerprint density at radius 3 is 2.53 bits per heavy atom. The van der Waals surface area contributed by atoms with Crippen molar-refractivity contribution in [2.45, 2.75) is 58.5 Å². The molecule has 2 aliphatic heterocycles. The molecule has 0 bridgehead atoms. The number of aromatic nitrogens is 2. The fourth-order valence-electron chi connectivity index (χ4n) is 4.46. The molecule has 0 saturated carbocycles. The zero-order chi connectivity index (χ0) is 22.7. The summed E-state index contributed by atoms with van der Waals surface area (Å²) in [5.74, 6) is 2.51. The predicted octanol–water partition coefficient (Wildman–Crippen LogP) is 2.95. The predicted molar refractivity (Wildman–Crippen MR) is 124 cm³/mol. The summed E-state index contributed by atoms with van der Waals surface area (Å²) < 4.78 is 12.1. The number of carbonyl (C=O) groups is 1. The monoisotopic (exact) mass is 439 g/mol. The number of morpholine rings is 1. The highest BCUT2D eigenvalue weighted by Crippen LogP contribution is 2.25. The van der Waals surface area contributed by atoms with Crippen LogP contribution in [0.5, 0.6) is 5.75 Å². The van der Waals surface area contributed by atoms with Gasteiger partial charge in [0.2, 0.25) is 11.9 Å². The van der Waals surface area contributed by atoms with E-state index in [0.717, 1.165) is 55.7 Å². The third-order valence-electron chi connectivity index (χ3n) is 5.90. The Morgan fingerprint density at radius 2 is 1.84 bits per heavy atom. The van der Waals surface area contributed by atoms with Crippen LogP contribution < -0.4 is 19.9 Å². The average molecular weight is 440 g/mol. The number of ether oxygens (including phenoxy) is 2. The summed E-state index contributed by atoms with van der Waals surface area (Å²) in [6.07, 6.45) is 3.22. The molecule has 2 aliphatic rings. The van der Waals surface area contributed by atoms with Gasteiger partial charge in [-0.05, 0) is 44.5 Å². The van der Waals surface area contributed by atoms with Gasteiger partial charge < -0.3 is 24.6 Å². The minimum atomic E-state index is -0.0330. The van der Waals surface area contributed by atoms with E-state index in [9.17, 15) is 4.79 Å². The molecule has 2 aromatic rings. The van der Waals surface area contributed by atoms with Gasteiger partial charge in [-0.3, -0.25) is 4.79 Å². The van der Waals surface area contributed by atoms with Gasteiger partial charge in [0.05, 0.1) is 24.8 Å². The van der Waals surface area contributed by atoms with Crippen molar-refractivity contribution in [2.75, 3.05) is 36.0 Å². The average Bonchev–Trinajstić information content (AvgIpc) is 3.22. The normalized spacial score (nSPS) is 24.3. The van der Waals surface area contributed by atoms with Crippen molar-refractivity contribution in [2.24, 2.45) is 0 Å². The van der Waals surface area contributed by atoms with Crippen molar-refractivity contribution in [3.8, 4) is 5.75 Å². The number of amides is 1. The van der Waals surface area contributed by atoms with Crippen LogP contribution in [0.4, 0.5) is 11.8 Å². The molecule has 0 unspecified atom stereocenters. The smallest absolute Gasteiger partial charge is 0.227 e. The van der Waals surface area contributed by atoms with Gasteiger partial charge in [0.25, 0.3) is 0 Å². The van der Waals surface area contributed by atoms with Gasteiger partial charge >= 0.3 is 0 Å². The molecule has 0 spiro atoms. The second-order valence-electron chi connectivity index (χ2n) is 8.84. The van der Waals surface area contributed by atoms with Gasteiger partial charge in [-0.2, -0.15) is 4.98 Å². The van der Waals surface area contributed by atoms with Crippen LogP contribution >= 0.6 is 0 Å². The van der Waals surface area contributed by atoms with E-state index in [0.29, 0.717) is 0 Å². The maximum atomic E-state index is 11.3. The molecular weight excluding hydrogens is 406 g/mol. The van der Waals surface area contributed by atoms with Crippen molar-refractivity contribution >= 4 is 17.7 Å². The van der Waals surface area contributed by atoms with E-state index in [4.69, 9.17) is 14.5 Å². The van der Waals surface area contributed by atoms with Crippen LogP contribution in [0.2, 0.25) is 0 Å². The lowest BCUT2D eigenvalue weighted by atomic mass is 10.1. The molecule has 1 aromatic heterocycles. The summed E-state index contributed by atoms with van der Waals surface area (Å²) in [6.45, 7) is 11.0. The maximum Gasteiger partial charge on any atom is 0.227 e. The van der Waals surface area contributed by atoms with Gasteiger partial charge in [-0.1, -0.05) is 12.1 Å². The van der Waals surface area contributed by atoms with Crippen LogP contribution in [0.15, 0.2) is 36.5 Å². The van der Waals surface area contributed by atoms with Crippen LogP contribution in [0.1, 0.15) is 45.7 Å². The molecule has 0 aliphatic carbocycles. The fraction of sp³-hybridized carbons (Fsp3) is 0.542. The Hall–Kier alpha value is -2.87. The van der Waals surface area contributed by atoms with Crippen LogP contribution in [-0.2, 0) is 9.53 Å². The molecule has 4 atom stereocenters. The standard InChI is InChI=1S/C24H33N5O3/c1-16-13-29(14-17(2)31-16)24-25-11-9-23(27-24)28-12-10-22(15-28)32-21-7-5-20(6-8-21)18(3)26-19(4)30/h5-9,11,16-18,22H,10,12-15H2,1-4H3,(H,26,30)/t16-,17+,18-,22+/m0/s1. The van der Waals surface area contributed by atoms with Crippen LogP contribution in [0.3, 0.4) is 0 Å². The summed E-state index contributed by atoms with van der Waals surface area (Å²) in [5, 5.41) is 2.90. The summed E-state index contributed by atoms with van der Waals surface area (Å²) in [5.41, 5.74) is 1.06. The Labute approximate surface area is 189 Å². The lowest BCUT2D eigenvalue weighted by molar-refractivity contribution is -0.119. The van der Waals surface area contributed by atoms with Crippen molar-refractivity contribution in [3.05, 3.63) is 42.1 Å². The number of anilines is 2. The van der Waals surface area contributed by atoms with Gasteiger partial charge in [-0.15, -0.1) is 0 Å². The van der Waals surface area contributed by atoms with Crippen LogP contribution in [0, 0.1) is 0 Å². The van der Waals surface area contributed by atoms with Gasteiger partial charge in [0.1, 0.15) is 17.7 Å². The number of rotatable bonds is 6. The van der Waals surface area contributed by atoms with Crippen LogP contribution in [-0.4, -0.2) is 60.4 Å². The molecule has 8 nitrogen and oxygen atoms in total. The second kappa shape index (κ2) is 9.73. The highest BCUT2D eigenvalue weighted by atomic mass is 16.5. The largest absolute Gasteiger partial charge is 0.489 e. The first-order valence-corrected chi connectivity index (χ1v) is 11.4. The van der Waals surface area contributed by atoms with E-state index in [1.807, 2.05) is 43.5 Å². The van der Waals surface area contributed by atoms with Gasteiger partial charge in [-0.25, -0.2) is 4.98 Å². The first kappa shape index (κ1) is 22.3. The summed E-state index contributed by atoms with van der Waals surface area (Å²) >= 11 is 0. The minimum absolute atomic E-state index is 0.0204. The quantitative estimate of drug-likeness (QED) is 0.741. The molecule has 2 saturated heterocycles. The van der Waals surface area contributed by atoms with Crippen molar-refractivity contribution in [1.29, 1.82) is 0 Å². The fourth-order valence-corrected chi connectivity index (χ4v) is 4.46. The third kappa shape index (κ3) is 5.48. The summed E-state index contributed by atoms with van der Waals surface area (Å²) in [7, 11) is 0. The van der Waals surface area contributed by atoms with E-state index in [2.05, 4.69) is 33.9 Å². The van der Waals surface area contributed by atoms with Crippen molar-refractivity contribution < 1.29 is 14.3 Å². The molecule has 1 amide bonds. The van der Waals surface area contributed by atoms with Gasteiger partial charge in [0.15, 0.2) is 0 Å². The third-order valence-corrected chi connectivity index (χ3v) is 5.90. The lowest BCUT2D eigenvalue weighted by Crippen LogP contribution is -2.46. The molecule has 4 rings (SSSR count). The topological polar surface area (TPSA) is 79.8 Å². The van der Waals surface area contributed by atoms with E-state index < -0.39 is 0 Å². The number of carbonyl (C=O) groups excluding carboxylic acids is 1. The molecule has 8 heteroatoms. The molecular formula is C24H33N5O3. The molecule has 2 fully saturated rings. The Bertz CT molecular complexity index is 912. The molecule has 32 heavy (non-hydrogen) atoms. The lowest BCUT2D eigenvalue weighted by Gasteiger charge is -2.35. The maximum absolute atomic E-state index is 11.3. The second-order valence-corrected chi connectivity index (χ2v) is 8.84. The van der Waals surface area contributed by atoms with E-state index >= 15 is 0 Å². The first-order chi connectivity index (χ1) is 15.4. The minimum Gasteiger partial charge on any atom is -0.489 e. The summed E-state index contributed by atoms with van der Waals surface area (Å²) in [4.78, 5) is 25.1. The van der Waals surface area contributed by atoms with Crippen molar-refractivity contribution in [3.63, 3.8) is 0 Å². The van der Waals surface area contributed by atoms with E-state index in [1.165, 1.54) is 6.92 Å². The number of benzene rings is 1. The Kier molecular flexibility index (Phi) is 6.79. The molecule has 1 N–H and O–H groups in total. The first-order valence-electron chi connectivity index (χ1n) is 11.4. The van der Waals surface area contributed by atoms with E-state index in [1.54, 1.807) is 0 Å². The number of nitrogens with one attached hydrogen (secondary N) is 1. The highest BCUT2D eigenvalue weighted by molar-refractivity contribution is 5.73. The SMILES string of the molecule is CC(=O)N[C@@H](C)c1ccc(O[C@@H]2CCN(c3ccnc(N4C[C@@H](C)O[C@@H](C)C4)n3)C2)cc1. The van der Waals surface area contributed by atoms with Crippen LogP contribution in [0.25, 0.3) is 0 Å². The summed E-state index contributed by atoms with van der Waals surface area (Å²) in [6, 6.07) is 9.90.